The molecule has 0 atom stereocenters. The van der Waals surface area contributed by atoms with Gasteiger partial charge in [-0.05, 0) is 25.8 Å². The molecule has 1 aromatic heterocycles. The SMILES string of the molecule is CC(=O)Cc1ccnc(N2CCCC2)n1. The molecule has 2 rings (SSSR count). The largest absolute Gasteiger partial charge is 0.341 e. The monoisotopic (exact) mass is 205 g/mol. The van der Waals surface area contributed by atoms with Crippen LogP contribution in [0.5, 0.6) is 0 Å². The molecule has 80 valence electrons. The molecule has 0 aliphatic carbocycles. The lowest BCUT2D eigenvalue weighted by molar-refractivity contribution is -0.116. The number of rotatable bonds is 3. The molecule has 0 radical (unpaired) electrons. The summed E-state index contributed by atoms with van der Waals surface area (Å²) in [5, 5.41) is 0. The van der Waals surface area contributed by atoms with Crippen LogP contribution in [-0.2, 0) is 11.2 Å². The highest BCUT2D eigenvalue weighted by Gasteiger charge is 2.14. The molecule has 4 heteroatoms. The number of hydrogen-bond acceptors (Lipinski definition) is 4. The van der Waals surface area contributed by atoms with Crippen LogP contribution in [0.1, 0.15) is 25.5 Å². The van der Waals surface area contributed by atoms with E-state index in [-0.39, 0.29) is 5.78 Å². The van der Waals surface area contributed by atoms with Crippen LogP contribution in [-0.4, -0.2) is 28.8 Å². The van der Waals surface area contributed by atoms with E-state index in [0.717, 1.165) is 24.7 Å². The van der Waals surface area contributed by atoms with Crippen molar-refractivity contribution in [1.29, 1.82) is 0 Å². The molecule has 0 aromatic carbocycles. The average Bonchev–Trinajstić information content (AvgIpc) is 2.69. The summed E-state index contributed by atoms with van der Waals surface area (Å²) in [6.07, 6.45) is 4.56. The number of aromatic nitrogens is 2. The van der Waals surface area contributed by atoms with E-state index in [2.05, 4.69) is 14.9 Å². The highest BCUT2D eigenvalue weighted by Crippen LogP contribution is 2.15. The highest BCUT2D eigenvalue weighted by atomic mass is 16.1. The molecule has 1 fully saturated rings. The third-order valence-electron chi connectivity index (χ3n) is 2.52. The van der Waals surface area contributed by atoms with Gasteiger partial charge in [0.15, 0.2) is 0 Å². The zero-order chi connectivity index (χ0) is 10.7. The minimum absolute atomic E-state index is 0.140. The molecule has 4 nitrogen and oxygen atoms in total. The molecule has 0 saturated carbocycles. The lowest BCUT2D eigenvalue weighted by atomic mass is 10.2. The summed E-state index contributed by atoms with van der Waals surface area (Å²) in [5.41, 5.74) is 0.819. The van der Waals surface area contributed by atoms with Gasteiger partial charge in [-0.1, -0.05) is 0 Å². The van der Waals surface area contributed by atoms with Gasteiger partial charge in [0.1, 0.15) is 5.78 Å². The third kappa shape index (κ3) is 2.52. The summed E-state index contributed by atoms with van der Waals surface area (Å²) in [6, 6.07) is 1.81. The molecule has 0 bridgehead atoms. The Bertz CT molecular complexity index is 359. The van der Waals surface area contributed by atoms with Gasteiger partial charge in [0.05, 0.1) is 5.69 Å². The first-order valence-electron chi connectivity index (χ1n) is 5.32. The Kier molecular flexibility index (Phi) is 2.94. The van der Waals surface area contributed by atoms with Gasteiger partial charge < -0.3 is 4.90 Å². The Balaban J connectivity index is 2.14. The van der Waals surface area contributed by atoms with E-state index in [9.17, 15) is 4.79 Å². The van der Waals surface area contributed by atoms with Crippen LogP contribution in [0.3, 0.4) is 0 Å². The maximum Gasteiger partial charge on any atom is 0.225 e. The fourth-order valence-electron chi connectivity index (χ4n) is 1.81. The van der Waals surface area contributed by atoms with Gasteiger partial charge in [0.2, 0.25) is 5.95 Å². The minimum atomic E-state index is 0.140. The Morgan fingerprint density at radius 3 is 2.87 bits per heavy atom. The Labute approximate surface area is 89.3 Å². The molecule has 1 aromatic rings. The van der Waals surface area contributed by atoms with Crippen molar-refractivity contribution in [2.45, 2.75) is 26.2 Å². The second kappa shape index (κ2) is 4.38. The van der Waals surface area contributed by atoms with Crippen molar-refractivity contribution >= 4 is 11.7 Å². The number of Topliss-reactive ketones (excluding diaryl/α,β-unsaturated/α-hetero) is 1. The van der Waals surface area contributed by atoms with Crippen molar-refractivity contribution in [2.75, 3.05) is 18.0 Å². The predicted octanol–water partition coefficient (Wildman–Crippen LogP) is 1.21. The Hall–Kier alpha value is -1.45. The number of ketones is 1. The van der Waals surface area contributed by atoms with Crippen LogP contribution >= 0.6 is 0 Å². The lowest BCUT2D eigenvalue weighted by Crippen LogP contribution is -2.21. The topological polar surface area (TPSA) is 46.1 Å². The zero-order valence-corrected chi connectivity index (χ0v) is 8.94. The molecule has 0 unspecified atom stereocenters. The summed E-state index contributed by atoms with van der Waals surface area (Å²) < 4.78 is 0. The minimum Gasteiger partial charge on any atom is -0.341 e. The first-order valence-corrected chi connectivity index (χ1v) is 5.32. The van der Waals surface area contributed by atoms with Crippen LogP contribution in [0, 0.1) is 0 Å². The van der Waals surface area contributed by atoms with Crippen LogP contribution in [0.4, 0.5) is 5.95 Å². The molecule has 1 saturated heterocycles. The van der Waals surface area contributed by atoms with E-state index in [4.69, 9.17) is 0 Å². The highest BCUT2D eigenvalue weighted by molar-refractivity contribution is 5.77. The van der Waals surface area contributed by atoms with E-state index in [1.165, 1.54) is 12.8 Å². The van der Waals surface area contributed by atoms with Crippen molar-refractivity contribution < 1.29 is 4.79 Å². The number of carbonyl (C=O) groups is 1. The summed E-state index contributed by atoms with van der Waals surface area (Å²) in [4.78, 5) is 21.8. The number of anilines is 1. The fraction of sp³-hybridized carbons (Fsp3) is 0.545. The molecule has 0 spiro atoms. The molecule has 2 heterocycles. The fourth-order valence-corrected chi connectivity index (χ4v) is 1.81. The number of carbonyl (C=O) groups excluding carboxylic acids is 1. The average molecular weight is 205 g/mol. The molecule has 0 amide bonds. The predicted molar refractivity (Wildman–Crippen MR) is 57.9 cm³/mol. The van der Waals surface area contributed by atoms with Gasteiger partial charge in [0, 0.05) is 25.7 Å². The molecule has 0 N–H and O–H groups in total. The number of nitrogens with zero attached hydrogens (tertiary/aromatic N) is 3. The first-order chi connectivity index (χ1) is 7.25. The zero-order valence-electron chi connectivity index (χ0n) is 8.94. The molecule has 1 aliphatic rings. The standard InChI is InChI=1S/C11H15N3O/c1-9(15)8-10-4-5-12-11(13-10)14-6-2-3-7-14/h4-5H,2-3,6-8H2,1H3. The van der Waals surface area contributed by atoms with Crippen molar-refractivity contribution in [3.63, 3.8) is 0 Å². The number of hydrogen-bond donors (Lipinski definition) is 0. The van der Waals surface area contributed by atoms with E-state index in [0.29, 0.717) is 6.42 Å². The van der Waals surface area contributed by atoms with E-state index < -0.39 is 0 Å². The quantitative estimate of drug-likeness (QED) is 0.744. The van der Waals surface area contributed by atoms with Crippen LogP contribution < -0.4 is 4.90 Å². The van der Waals surface area contributed by atoms with Crippen molar-refractivity contribution in [3.05, 3.63) is 18.0 Å². The van der Waals surface area contributed by atoms with Gasteiger partial charge in [-0.3, -0.25) is 4.79 Å². The third-order valence-corrected chi connectivity index (χ3v) is 2.52. The Morgan fingerprint density at radius 2 is 2.20 bits per heavy atom. The maximum atomic E-state index is 11.0. The van der Waals surface area contributed by atoms with E-state index in [1.807, 2.05) is 0 Å². The van der Waals surface area contributed by atoms with Gasteiger partial charge in [0.25, 0.3) is 0 Å². The van der Waals surface area contributed by atoms with Crippen molar-refractivity contribution in [1.82, 2.24) is 9.97 Å². The second-order valence-electron chi connectivity index (χ2n) is 3.92. The lowest BCUT2D eigenvalue weighted by Gasteiger charge is -2.14. The van der Waals surface area contributed by atoms with Gasteiger partial charge in [-0.25, -0.2) is 9.97 Å². The molecular weight excluding hydrogens is 190 g/mol. The smallest absolute Gasteiger partial charge is 0.225 e. The summed E-state index contributed by atoms with van der Waals surface area (Å²) in [5.74, 6) is 0.910. The van der Waals surface area contributed by atoms with Gasteiger partial charge >= 0.3 is 0 Å². The van der Waals surface area contributed by atoms with Crippen LogP contribution in [0.25, 0.3) is 0 Å². The van der Waals surface area contributed by atoms with Crippen LogP contribution in [0.15, 0.2) is 12.3 Å². The molecule has 15 heavy (non-hydrogen) atoms. The Morgan fingerprint density at radius 1 is 1.47 bits per heavy atom. The summed E-state index contributed by atoms with van der Waals surface area (Å²) in [6.45, 7) is 3.64. The summed E-state index contributed by atoms with van der Waals surface area (Å²) in [7, 11) is 0. The van der Waals surface area contributed by atoms with Crippen molar-refractivity contribution in [2.24, 2.45) is 0 Å². The second-order valence-corrected chi connectivity index (χ2v) is 3.92. The maximum absolute atomic E-state index is 11.0. The van der Waals surface area contributed by atoms with E-state index in [1.54, 1.807) is 19.2 Å². The van der Waals surface area contributed by atoms with Gasteiger partial charge in [-0.15, -0.1) is 0 Å². The molecular formula is C11H15N3O. The summed E-state index contributed by atoms with van der Waals surface area (Å²) >= 11 is 0. The van der Waals surface area contributed by atoms with Crippen molar-refractivity contribution in [3.8, 4) is 0 Å². The van der Waals surface area contributed by atoms with Gasteiger partial charge in [-0.2, -0.15) is 0 Å². The van der Waals surface area contributed by atoms with E-state index >= 15 is 0 Å². The molecule has 1 aliphatic heterocycles. The first kappa shape index (κ1) is 10.1. The van der Waals surface area contributed by atoms with Crippen LogP contribution in [0.2, 0.25) is 0 Å². The normalized spacial score (nSPS) is 15.7.